The van der Waals surface area contributed by atoms with Crippen LogP contribution in [0, 0.1) is 0 Å². The van der Waals surface area contributed by atoms with Crippen LogP contribution in [0.1, 0.15) is 75.2 Å². The van der Waals surface area contributed by atoms with Crippen LogP contribution in [0.2, 0.25) is 0 Å². The highest BCUT2D eigenvalue weighted by atomic mass is 32.1. The zero-order valence-electron chi connectivity index (χ0n) is 37.0. The Labute approximate surface area is 383 Å². The molecule has 0 aromatic heterocycles. The largest absolute Gasteiger partial charge is 0.463 e. The lowest BCUT2D eigenvalue weighted by atomic mass is 9.92. The number of benzene rings is 5. The predicted molar refractivity (Wildman–Crippen MR) is 245 cm³/mol. The second-order valence-corrected chi connectivity index (χ2v) is 17.0. The highest BCUT2D eigenvalue weighted by molar-refractivity contribution is 7.80. The van der Waals surface area contributed by atoms with Crippen LogP contribution in [0.25, 0.3) is 21.5 Å². The summed E-state index contributed by atoms with van der Waals surface area (Å²) in [4.78, 5) is 51.3. The molecule has 0 saturated carbocycles. The average Bonchev–Trinajstić information content (AvgIpc) is 3.27. The van der Waals surface area contributed by atoms with E-state index in [0.29, 0.717) is 25.2 Å². The Kier molecular flexibility index (Phi) is 15.6. The number of aliphatic hydroxyl groups excluding tert-OH is 1. The maximum absolute atomic E-state index is 12.4. The smallest absolute Gasteiger partial charge is 0.303 e. The van der Waals surface area contributed by atoms with Crippen molar-refractivity contribution in [1.82, 2.24) is 4.90 Å². The van der Waals surface area contributed by atoms with Crippen molar-refractivity contribution in [3.63, 3.8) is 0 Å². The topological polar surface area (TPSA) is 168 Å². The van der Waals surface area contributed by atoms with Gasteiger partial charge in [0.05, 0.1) is 23.8 Å². The summed E-state index contributed by atoms with van der Waals surface area (Å²) in [5, 5.41) is 17.8. The molecule has 0 amide bonds. The normalized spacial score (nSPS) is 23.1. The summed E-state index contributed by atoms with van der Waals surface area (Å²) >= 11 is 5.84. The molecule has 2 fully saturated rings. The second-order valence-electron chi connectivity index (χ2n) is 16.5. The van der Waals surface area contributed by atoms with Crippen molar-refractivity contribution in [2.75, 3.05) is 25.5 Å². The first-order valence-corrected chi connectivity index (χ1v) is 21.9. The van der Waals surface area contributed by atoms with Crippen molar-refractivity contribution in [3.05, 3.63) is 125 Å². The molecule has 342 valence electrons. The maximum Gasteiger partial charge on any atom is 0.303 e. The monoisotopic (exact) mass is 906 g/mol. The number of hydrogen-bond acceptors (Lipinski definition) is 14. The number of likely N-dealkylation sites (N-methyl/N-ethyl adjacent to an activating group) is 1. The Bertz CT molecular complexity index is 2460. The van der Waals surface area contributed by atoms with Gasteiger partial charge in [-0.05, 0) is 63.5 Å². The highest BCUT2D eigenvalue weighted by Gasteiger charge is 2.52. The summed E-state index contributed by atoms with van der Waals surface area (Å²) in [6.45, 7) is 5.63. The van der Waals surface area contributed by atoms with Crippen molar-refractivity contribution < 1.29 is 57.4 Å². The number of nitrogens with zero attached hydrogens (tertiary/aromatic N) is 1. The molecule has 0 spiro atoms. The van der Waals surface area contributed by atoms with Gasteiger partial charge in [0.1, 0.15) is 18.8 Å². The van der Waals surface area contributed by atoms with E-state index < -0.39 is 60.7 Å². The first-order chi connectivity index (χ1) is 31.2. The number of aliphatic hydroxyl groups is 1. The molecule has 15 heteroatoms. The SMILES string of the molecule is CC(=O)OCC1OC(CC(=S)Nc2cccc(C3OC(CN(C)Cc4c5ccccc5cc5ccccc45)CC(c4ccc(CO)cc4)O3)c2)C(OC(C)=O)C(OC(C)=O)C1OC(C)=O. The Balaban J connectivity index is 1.11. The van der Waals surface area contributed by atoms with Gasteiger partial charge in [-0.2, -0.15) is 0 Å². The zero-order chi connectivity index (χ0) is 46.2. The molecule has 2 aliphatic heterocycles. The third-order valence-electron chi connectivity index (χ3n) is 11.4. The first-order valence-electron chi connectivity index (χ1n) is 21.5. The molecule has 8 unspecified atom stereocenters. The van der Waals surface area contributed by atoms with Gasteiger partial charge in [-0.3, -0.25) is 24.1 Å². The molecular formula is C50H54N2O12S. The number of nitrogens with one attached hydrogen (secondary N) is 1. The van der Waals surface area contributed by atoms with Gasteiger partial charge >= 0.3 is 23.9 Å². The average molecular weight is 907 g/mol. The zero-order valence-corrected chi connectivity index (χ0v) is 37.8. The quantitative estimate of drug-likeness (QED) is 0.0461. The van der Waals surface area contributed by atoms with E-state index in [-0.39, 0.29) is 36.8 Å². The van der Waals surface area contributed by atoms with Gasteiger partial charge in [0, 0.05) is 64.9 Å². The molecule has 5 aromatic rings. The van der Waals surface area contributed by atoms with E-state index in [4.69, 9.17) is 45.4 Å². The molecule has 5 aromatic carbocycles. The lowest BCUT2D eigenvalue weighted by molar-refractivity contribution is -0.252. The van der Waals surface area contributed by atoms with Crippen LogP contribution in [-0.2, 0) is 65.5 Å². The molecule has 65 heavy (non-hydrogen) atoms. The fourth-order valence-electron chi connectivity index (χ4n) is 8.63. The molecule has 2 saturated heterocycles. The molecule has 8 atom stereocenters. The second kappa shape index (κ2) is 21.5. The van der Waals surface area contributed by atoms with Crippen LogP contribution in [0.4, 0.5) is 5.69 Å². The minimum Gasteiger partial charge on any atom is -0.463 e. The standard InChI is InChI=1S/C50H54N2O12S/c1-29(54)58-28-45-48(60-31(3)56)49(61-32(4)57)47(59-30(2)55)44(63-45)24-46(65)51-38-14-10-13-37(22-38)50-62-39(23-43(64-50)34-19-17-33(27-53)18-20-34)25-52(5)26-42-40-15-8-6-11-35(40)21-36-12-7-9-16-41(36)42/h6-22,39,43-45,47-50,53H,23-28H2,1-5H3,(H,51,65). The third-order valence-corrected chi connectivity index (χ3v) is 11.6. The first kappa shape index (κ1) is 47.2. The van der Waals surface area contributed by atoms with Gasteiger partial charge < -0.3 is 43.6 Å². The van der Waals surface area contributed by atoms with Gasteiger partial charge in [-0.15, -0.1) is 0 Å². The lowest BCUT2D eigenvalue weighted by Gasteiger charge is -2.44. The van der Waals surface area contributed by atoms with E-state index in [2.05, 4.69) is 71.9 Å². The minimum atomic E-state index is -1.31. The summed E-state index contributed by atoms with van der Waals surface area (Å²) in [6.07, 6.45) is -6.72. The Morgan fingerprint density at radius 2 is 1.32 bits per heavy atom. The highest BCUT2D eigenvalue weighted by Crippen LogP contribution is 2.39. The number of rotatable bonds is 15. The number of hydrogen-bond donors (Lipinski definition) is 2. The number of carbonyl (C=O) groups excluding carboxylic acids is 4. The number of ether oxygens (including phenoxy) is 7. The van der Waals surface area contributed by atoms with Crippen LogP contribution in [0.3, 0.4) is 0 Å². The van der Waals surface area contributed by atoms with E-state index in [9.17, 15) is 24.3 Å². The number of carbonyl (C=O) groups is 4. The van der Waals surface area contributed by atoms with Gasteiger partial charge in [0.25, 0.3) is 0 Å². The van der Waals surface area contributed by atoms with E-state index in [1.807, 2.05) is 48.5 Å². The molecule has 2 aliphatic rings. The molecule has 0 radical (unpaired) electrons. The molecule has 7 rings (SSSR count). The van der Waals surface area contributed by atoms with Crippen LogP contribution in [0.15, 0.2) is 103 Å². The van der Waals surface area contributed by atoms with Crippen LogP contribution < -0.4 is 5.32 Å². The summed E-state index contributed by atoms with van der Waals surface area (Å²) in [7, 11) is 2.10. The van der Waals surface area contributed by atoms with E-state index in [1.165, 1.54) is 54.8 Å². The fourth-order valence-corrected chi connectivity index (χ4v) is 8.92. The fraction of sp³-hybridized carbons (Fsp3) is 0.380. The molecule has 2 heterocycles. The molecule has 14 nitrogen and oxygen atoms in total. The van der Waals surface area contributed by atoms with E-state index >= 15 is 0 Å². The Hall–Kier alpha value is -5.81. The van der Waals surface area contributed by atoms with Gasteiger partial charge in [-0.1, -0.05) is 97.1 Å². The third kappa shape index (κ3) is 12.1. The molecule has 2 N–H and O–H groups in total. The Morgan fingerprint density at radius 3 is 1.94 bits per heavy atom. The summed E-state index contributed by atoms with van der Waals surface area (Å²) in [5.41, 5.74) is 4.35. The maximum atomic E-state index is 12.4. The number of fused-ring (bicyclic) bond motifs is 2. The van der Waals surface area contributed by atoms with E-state index in [0.717, 1.165) is 16.7 Å². The van der Waals surface area contributed by atoms with Crippen LogP contribution >= 0.6 is 12.2 Å². The molecule has 0 bridgehead atoms. The predicted octanol–water partition coefficient (Wildman–Crippen LogP) is 7.42. The summed E-state index contributed by atoms with van der Waals surface area (Å²) in [5.74, 6) is -2.75. The summed E-state index contributed by atoms with van der Waals surface area (Å²) < 4.78 is 41.7. The summed E-state index contributed by atoms with van der Waals surface area (Å²) in [6, 6.07) is 34.4. The van der Waals surface area contributed by atoms with Crippen LogP contribution in [0.5, 0.6) is 0 Å². The molecular weight excluding hydrogens is 853 g/mol. The molecule has 0 aliphatic carbocycles. The number of esters is 4. The van der Waals surface area contributed by atoms with Crippen molar-refractivity contribution in [1.29, 1.82) is 0 Å². The minimum absolute atomic E-state index is 0.0403. The van der Waals surface area contributed by atoms with E-state index in [1.54, 1.807) is 0 Å². The number of anilines is 1. The van der Waals surface area contributed by atoms with Crippen molar-refractivity contribution in [2.24, 2.45) is 0 Å². The lowest BCUT2D eigenvalue weighted by Crippen LogP contribution is -2.62. The van der Waals surface area contributed by atoms with Gasteiger partial charge in [-0.25, -0.2) is 0 Å². The van der Waals surface area contributed by atoms with Crippen LogP contribution in [-0.4, -0.2) is 95.7 Å². The van der Waals surface area contributed by atoms with Gasteiger partial charge in [0.15, 0.2) is 24.6 Å². The number of thiocarbonyl (C=S) groups is 1. The van der Waals surface area contributed by atoms with Gasteiger partial charge in [0.2, 0.25) is 0 Å². The van der Waals surface area contributed by atoms with Crippen molar-refractivity contribution >= 4 is 68.3 Å². The Morgan fingerprint density at radius 1 is 0.708 bits per heavy atom. The van der Waals surface area contributed by atoms with Crippen molar-refractivity contribution in [2.45, 2.75) is 103 Å². The van der Waals surface area contributed by atoms with Crippen molar-refractivity contribution in [3.8, 4) is 0 Å².